The summed E-state index contributed by atoms with van der Waals surface area (Å²) in [5, 5.41) is 0. The molecular weight excluding hydrogens is 236 g/mol. The minimum absolute atomic E-state index is 0.481. The molecular formula is C16H20N2O. The lowest BCUT2D eigenvalue weighted by molar-refractivity contribution is 0.223. The number of aryl methyl sites for hydroxylation is 1. The van der Waals surface area contributed by atoms with Crippen molar-refractivity contribution in [1.29, 1.82) is 0 Å². The summed E-state index contributed by atoms with van der Waals surface area (Å²) in [6, 6.07) is 10.8. The van der Waals surface area contributed by atoms with Crippen LogP contribution in [0.4, 0.5) is 0 Å². The Morgan fingerprint density at radius 2 is 2.05 bits per heavy atom. The zero-order chi connectivity index (χ0) is 13.2. The fourth-order valence-electron chi connectivity index (χ4n) is 2.78. The highest BCUT2D eigenvalue weighted by molar-refractivity contribution is 5.29. The molecule has 0 fully saturated rings. The van der Waals surface area contributed by atoms with Gasteiger partial charge in [0.25, 0.3) is 0 Å². The van der Waals surface area contributed by atoms with E-state index in [2.05, 4.69) is 42.2 Å². The Morgan fingerprint density at radius 1 is 1.26 bits per heavy atom. The third-order valence-electron chi connectivity index (χ3n) is 3.85. The molecule has 0 atom stereocenters. The number of benzene rings is 1. The van der Waals surface area contributed by atoms with Crippen LogP contribution in [0.1, 0.15) is 28.2 Å². The van der Waals surface area contributed by atoms with E-state index in [1.807, 2.05) is 0 Å². The monoisotopic (exact) mass is 256 g/mol. The van der Waals surface area contributed by atoms with Crippen LogP contribution in [-0.2, 0) is 26.1 Å². The summed E-state index contributed by atoms with van der Waals surface area (Å²) in [5.74, 6) is 1.93. The highest BCUT2D eigenvalue weighted by Gasteiger charge is 2.17. The molecule has 0 spiro atoms. The van der Waals surface area contributed by atoms with Crippen molar-refractivity contribution >= 4 is 0 Å². The molecule has 3 rings (SSSR count). The lowest BCUT2D eigenvalue weighted by atomic mass is 10.00. The number of hydrogen-bond donors (Lipinski definition) is 1. The molecule has 0 saturated heterocycles. The van der Waals surface area contributed by atoms with Crippen LogP contribution >= 0.6 is 0 Å². The number of rotatable bonds is 3. The Bertz CT molecular complexity index is 574. The maximum Gasteiger partial charge on any atom is 0.120 e. The normalized spacial score (nSPS) is 15.5. The zero-order valence-corrected chi connectivity index (χ0v) is 11.4. The van der Waals surface area contributed by atoms with Gasteiger partial charge in [-0.1, -0.05) is 24.3 Å². The molecule has 0 saturated carbocycles. The molecule has 2 N–H and O–H groups in total. The van der Waals surface area contributed by atoms with Crippen LogP contribution in [0.2, 0.25) is 0 Å². The van der Waals surface area contributed by atoms with Crippen molar-refractivity contribution in [2.24, 2.45) is 5.73 Å². The highest BCUT2D eigenvalue weighted by atomic mass is 16.3. The van der Waals surface area contributed by atoms with E-state index in [9.17, 15) is 0 Å². The third-order valence-corrected chi connectivity index (χ3v) is 3.85. The summed E-state index contributed by atoms with van der Waals surface area (Å²) >= 11 is 0. The van der Waals surface area contributed by atoms with Gasteiger partial charge in [-0.15, -0.1) is 0 Å². The highest BCUT2D eigenvalue weighted by Crippen LogP contribution is 2.22. The molecule has 19 heavy (non-hydrogen) atoms. The Morgan fingerprint density at radius 3 is 2.79 bits per heavy atom. The van der Waals surface area contributed by atoms with Gasteiger partial charge in [-0.05, 0) is 36.1 Å². The summed E-state index contributed by atoms with van der Waals surface area (Å²) in [6.45, 7) is 5.51. The van der Waals surface area contributed by atoms with Crippen LogP contribution in [-0.4, -0.2) is 11.4 Å². The summed E-state index contributed by atoms with van der Waals surface area (Å²) in [4.78, 5) is 2.43. The van der Waals surface area contributed by atoms with Crippen LogP contribution in [0.3, 0.4) is 0 Å². The Kier molecular flexibility index (Phi) is 3.40. The zero-order valence-electron chi connectivity index (χ0n) is 11.4. The van der Waals surface area contributed by atoms with Crippen molar-refractivity contribution in [3.05, 3.63) is 58.5 Å². The molecule has 3 nitrogen and oxygen atoms in total. The Hall–Kier alpha value is -1.58. The number of nitrogens with two attached hydrogens (primary N) is 1. The van der Waals surface area contributed by atoms with Crippen molar-refractivity contribution in [3.63, 3.8) is 0 Å². The number of furan rings is 1. The summed E-state index contributed by atoms with van der Waals surface area (Å²) < 4.78 is 5.79. The number of fused-ring (bicyclic) bond motifs is 1. The Balaban J connectivity index is 1.71. The van der Waals surface area contributed by atoms with Gasteiger partial charge in [0.05, 0.1) is 13.1 Å². The average Bonchev–Trinajstić information content (AvgIpc) is 2.78. The second-order valence-corrected chi connectivity index (χ2v) is 5.25. The van der Waals surface area contributed by atoms with Crippen LogP contribution in [0.15, 0.2) is 34.7 Å². The van der Waals surface area contributed by atoms with Crippen LogP contribution in [0.5, 0.6) is 0 Å². The van der Waals surface area contributed by atoms with Crippen LogP contribution in [0.25, 0.3) is 0 Å². The molecule has 0 unspecified atom stereocenters. The van der Waals surface area contributed by atoms with E-state index in [0.717, 1.165) is 43.1 Å². The largest absolute Gasteiger partial charge is 0.463 e. The maximum absolute atomic E-state index is 5.79. The van der Waals surface area contributed by atoms with Crippen LogP contribution < -0.4 is 5.73 Å². The molecule has 0 amide bonds. The third kappa shape index (κ3) is 2.57. The van der Waals surface area contributed by atoms with Gasteiger partial charge in [0.1, 0.15) is 11.5 Å². The van der Waals surface area contributed by atoms with Gasteiger partial charge in [0.15, 0.2) is 0 Å². The smallest absolute Gasteiger partial charge is 0.120 e. The Labute approximate surface area is 114 Å². The molecule has 1 aliphatic rings. The predicted molar refractivity (Wildman–Crippen MR) is 75.6 cm³/mol. The molecule has 1 aromatic heterocycles. The molecule has 1 aromatic carbocycles. The fourth-order valence-corrected chi connectivity index (χ4v) is 2.78. The predicted octanol–water partition coefficient (Wildman–Crippen LogP) is 2.61. The van der Waals surface area contributed by atoms with Gasteiger partial charge in [0.2, 0.25) is 0 Å². The van der Waals surface area contributed by atoms with E-state index in [-0.39, 0.29) is 0 Å². The van der Waals surface area contributed by atoms with Gasteiger partial charge >= 0.3 is 0 Å². The SMILES string of the molecule is Cc1cc(CN2CCc3ccccc3C2)oc1CN. The summed E-state index contributed by atoms with van der Waals surface area (Å²) in [7, 11) is 0. The fraction of sp³-hybridized carbons (Fsp3) is 0.375. The number of hydrogen-bond acceptors (Lipinski definition) is 3. The van der Waals surface area contributed by atoms with E-state index in [0.29, 0.717) is 6.54 Å². The molecule has 0 bridgehead atoms. The number of nitrogens with zero attached hydrogens (tertiary/aromatic N) is 1. The first-order valence-corrected chi connectivity index (χ1v) is 6.83. The minimum atomic E-state index is 0.481. The van der Waals surface area contributed by atoms with Gasteiger partial charge < -0.3 is 10.2 Å². The van der Waals surface area contributed by atoms with Crippen molar-refractivity contribution in [2.45, 2.75) is 33.0 Å². The standard InChI is InChI=1S/C16H20N2O/c1-12-8-15(19-16(12)9-17)11-18-7-6-13-4-2-3-5-14(13)10-18/h2-5,8H,6-7,9-11,17H2,1H3. The van der Waals surface area contributed by atoms with Crippen molar-refractivity contribution in [1.82, 2.24) is 4.90 Å². The summed E-state index contributed by atoms with van der Waals surface area (Å²) in [5.41, 5.74) is 9.74. The van der Waals surface area contributed by atoms with Gasteiger partial charge in [-0.25, -0.2) is 0 Å². The molecule has 1 aliphatic heterocycles. The van der Waals surface area contributed by atoms with Gasteiger partial charge in [-0.3, -0.25) is 4.90 Å². The van der Waals surface area contributed by atoms with Gasteiger partial charge in [0, 0.05) is 13.1 Å². The second-order valence-electron chi connectivity index (χ2n) is 5.25. The van der Waals surface area contributed by atoms with E-state index < -0.39 is 0 Å². The molecule has 2 aromatic rings. The van der Waals surface area contributed by atoms with Crippen molar-refractivity contribution in [3.8, 4) is 0 Å². The molecule has 3 heteroatoms. The molecule has 0 radical (unpaired) electrons. The molecule has 2 heterocycles. The topological polar surface area (TPSA) is 42.4 Å². The minimum Gasteiger partial charge on any atom is -0.463 e. The lowest BCUT2D eigenvalue weighted by Crippen LogP contribution is -2.29. The molecule has 100 valence electrons. The maximum atomic E-state index is 5.79. The van der Waals surface area contributed by atoms with E-state index >= 15 is 0 Å². The van der Waals surface area contributed by atoms with E-state index in [1.54, 1.807) is 0 Å². The first-order valence-electron chi connectivity index (χ1n) is 6.83. The van der Waals surface area contributed by atoms with Crippen LogP contribution in [0, 0.1) is 6.92 Å². The van der Waals surface area contributed by atoms with E-state index in [4.69, 9.17) is 10.2 Å². The second kappa shape index (κ2) is 5.19. The van der Waals surface area contributed by atoms with Gasteiger partial charge in [-0.2, -0.15) is 0 Å². The van der Waals surface area contributed by atoms with E-state index in [1.165, 1.54) is 11.1 Å². The molecule has 0 aliphatic carbocycles. The first kappa shape index (κ1) is 12.5. The quantitative estimate of drug-likeness (QED) is 0.918. The summed E-state index contributed by atoms with van der Waals surface area (Å²) in [6.07, 6.45) is 1.12. The van der Waals surface area contributed by atoms with Crippen molar-refractivity contribution < 1.29 is 4.42 Å². The first-order chi connectivity index (χ1) is 9.26. The lowest BCUT2D eigenvalue weighted by Gasteiger charge is -2.27. The average molecular weight is 256 g/mol. The van der Waals surface area contributed by atoms with Crippen molar-refractivity contribution in [2.75, 3.05) is 6.54 Å².